The molecule has 200 valence electrons. The number of carbonyl (C=O) groups excluding carboxylic acids is 1. The molecule has 9 nitrogen and oxygen atoms in total. The van der Waals surface area contributed by atoms with Gasteiger partial charge in [0.1, 0.15) is 16.7 Å². The number of thioether (sulfide) groups is 1. The van der Waals surface area contributed by atoms with Crippen LogP contribution < -0.4 is 15.6 Å². The van der Waals surface area contributed by atoms with Crippen molar-refractivity contribution in [1.82, 2.24) is 9.55 Å². The molecule has 0 unspecified atom stereocenters. The first-order chi connectivity index (χ1) is 19.4. The van der Waals surface area contributed by atoms with E-state index in [0.717, 1.165) is 11.8 Å². The fourth-order valence-electron chi connectivity index (χ4n) is 4.27. The third-order valence-electron chi connectivity index (χ3n) is 6.23. The molecule has 0 fully saturated rings. The second kappa shape index (κ2) is 11.4. The average molecular weight is 553 g/mol. The summed E-state index contributed by atoms with van der Waals surface area (Å²) in [7, 11) is 1.54. The van der Waals surface area contributed by atoms with Crippen LogP contribution in [0.4, 0.5) is 11.4 Å². The van der Waals surface area contributed by atoms with Crippen molar-refractivity contribution in [2.75, 3.05) is 12.4 Å². The number of fused-ring (bicyclic) bond motifs is 1. The number of methoxy groups -OCH3 is 1. The van der Waals surface area contributed by atoms with Gasteiger partial charge in [-0.05, 0) is 48.4 Å². The molecule has 5 aromatic rings. The van der Waals surface area contributed by atoms with Gasteiger partial charge in [-0.1, -0.05) is 66.4 Å². The first-order valence-corrected chi connectivity index (χ1v) is 13.2. The van der Waals surface area contributed by atoms with Crippen molar-refractivity contribution in [1.29, 1.82) is 0 Å². The highest BCUT2D eigenvalue weighted by Gasteiger charge is 2.28. The molecule has 0 saturated heterocycles. The Morgan fingerprint density at radius 3 is 2.50 bits per heavy atom. The normalized spacial score (nSPS) is 11.7. The van der Waals surface area contributed by atoms with Crippen LogP contribution in [-0.4, -0.2) is 27.5 Å². The number of benzene rings is 4. The number of hydrogen-bond donors (Lipinski definition) is 1. The van der Waals surface area contributed by atoms with Crippen LogP contribution in [-0.2, 0) is 4.79 Å². The maximum Gasteiger partial charge on any atom is 0.293 e. The van der Waals surface area contributed by atoms with Gasteiger partial charge in [0.15, 0.2) is 5.16 Å². The van der Waals surface area contributed by atoms with Crippen LogP contribution in [0, 0.1) is 17.0 Å². The number of hydrogen-bond acceptors (Lipinski definition) is 7. The molecular weight excluding hydrogens is 528 g/mol. The van der Waals surface area contributed by atoms with Crippen molar-refractivity contribution in [2.45, 2.75) is 17.3 Å². The van der Waals surface area contributed by atoms with Gasteiger partial charge in [-0.25, -0.2) is 4.98 Å². The quantitative estimate of drug-likeness (QED) is 0.107. The highest BCUT2D eigenvalue weighted by molar-refractivity contribution is 8.00. The van der Waals surface area contributed by atoms with Crippen molar-refractivity contribution in [3.8, 4) is 11.4 Å². The minimum Gasteiger partial charge on any atom is -0.497 e. The van der Waals surface area contributed by atoms with Crippen LogP contribution in [0.1, 0.15) is 16.4 Å². The number of nitro groups is 1. The highest BCUT2D eigenvalue weighted by Crippen LogP contribution is 2.37. The number of amides is 1. The van der Waals surface area contributed by atoms with Crippen molar-refractivity contribution in [2.24, 2.45) is 0 Å². The SMILES string of the molecule is COc1cccc(-n2c(S[C@@H](C(=O)Nc3ccc(C)cc3[N+](=O)[O-])c3ccccc3)nc3ccccc3c2=O)c1. The summed E-state index contributed by atoms with van der Waals surface area (Å²) in [5.74, 6) is 0.0558. The Kier molecular flexibility index (Phi) is 7.61. The summed E-state index contributed by atoms with van der Waals surface area (Å²) in [4.78, 5) is 43.5. The molecular formula is C30H24N4O5S. The summed E-state index contributed by atoms with van der Waals surface area (Å²) >= 11 is 1.08. The summed E-state index contributed by atoms with van der Waals surface area (Å²) in [5, 5.41) is 14.2. The first kappa shape index (κ1) is 26.6. The molecule has 5 rings (SSSR count). The summed E-state index contributed by atoms with van der Waals surface area (Å²) in [6.45, 7) is 1.74. The molecule has 4 aromatic carbocycles. The number of nitro benzene ring substituents is 1. The molecule has 0 spiro atoms. The van der Waals surface area contributed by atoms with Crippen molar-refractivity contribution < 1.29 is 14.5 Å². The lowest BCUT2D eigenvalue weighted by atomic mass is 10.1. The summed E-state index contributed by atoms with van der Waals surface area (Å²) in [6.07, 6.45) is 0. The largest absolute Gasteiger partial charge is 0.497 e. The maximum absolute atomic E-state index is 13.8. The molecule has 0 saturated carbocycles. The topological polar surface area (TPSA) is 116 Å². The number of nitrogens with one attached hydrogen (secondary N) is 1. The molecule has 0 bridgehead atoms. The Labute approximate surface area is 233 Å². The molecule has 1 aromatic heterocycles. The monoisotopic (exact) mass is 552 g/mol. The third kappa shape index (κ3) is 5.43. The smallest absolute Gasteiger partial charge is 0.293 e. The van der Waals surface area contributed by atoms with Gasteiger partial charge < -0.3 is 10.1 Å². The zero-order valence-electron chi connectivity index (χ0n) is 21.6. The Morgan fingerprint density at radius 2 is 1.75 bits per heavy atom. The Morgan fingerprint density at radius 1 is 1.00 bits per heavy atom. The van der Waals surface area contributed by atoms with Crippen LogP contribution in [0.25, 0.3) is 16.6 Å². The van der Waals surface area contributed by atoms with Crippen LogP contribution in [0.15, 0.2) is 107 Å². The van der Waals surface area contributed by atoms with Crippen LogP contribution in [0.2, 0.25) is 0 Å². The number of carbonyl (C=O) groups is 1. The van der Waals surface area contributed by atoms with E-state index in [0.29, 0.717) is 33.5 Å². The van der Waals surface area contributed by atoms with Crippen molar-refractivity contribution >= 4 is 39.9 Å². The zero-order valence-corrected chi connectivity index (χ0v) is 22.4. The Balaban J connectivity index is 1.64. The standard InChI is InChI=1S/C30H24N4O5S/c1-19-15-16-25(26(17-19)34(37)38)31-28(35)27(20-9-4-3-5-10-20)40-30-32-24-14-7-6-13-23(24)29(36)33(30)21-11-8-12-22(18-21)39-2/h3-18,27H,1-2H3,(H,31,35)/t27-/m1/s1. The molecule has 1 heterocycles. The maximum atomic E-state index is 13.8. The van der Waals surface area contributed by atoms with Gasteiger partial charge in [-0.3, -0.25) is 24.3 Å². The number of anilines is 1. The molecule has 1 N–H and O–H groups in total. The van der Waals surface area contributed by atoms with E-state index in [2.05, 4.69) is 5.32 Å². The van der Waals surface area contributed by atoms with Gasteiger partial charge in [0.2, 0.25) is 5.91 Å². The van der Waals surface area contributed by atoms with Gasteiger partial charge >= 0.3 is 0 Å². The van der Waals surface area contributed by atoms with E-state index in [4.69, 9.17) is 9.72 Å². The number of rotatable bonds is 8. The number of ether oxygens (including phenoxy) is 1. The molecule has 10 heteroatoms. The number of para-hydroxylation sites is 1. The minimum atomic E-state index is -0.896. The fourth-order valence-corrected chi connectivity index (χ4v) is 5.39. The van der Waals surface area contributed by atoms with Gasteiger partial charge in [0.25, 0.3) is 11.2 Å². The minimum absolute atomic E-state index is 0.0822. The average Bonchev–Trinajstić information content (AvgIpc) is 2.97. The zero-order chi connectivity index (χ0) is 28.2. The molecule has 0 aliphatic rings. The second-order valence-corrected chi connectivity index (χ2v) is 10.0. The second-order valence-electron chi connectivity index (χ2n) is 8.93. The van der Waals surface area contributed by atoms with Crippen molar-refractivity contribution in [3.63, 3.8) is 0 Å². The van der Waals surface area contributed by atoms with E-state index in [1.54, 1.807) is 85.8 Å². The van der Waals surface area contributed by atoms with Gasteiger partial charge in [-0.2, -0.15) is 0 Å². The van der Waals surface area contributed by atoms with Crippen LogP contribution in [0.5, 0.6) is 5.75 Å². The van der Waals surface area contributed by atoms with Gasteiger partial charge in [0.05, 0.1) is 28.6 Å². The van der Waals surface area contributed by atoms with E-state index < -0.39 is 16.1 Å². The Hall–Kier alpha value is -4.96. The lowest BCUT2D eigenvalue weighted by molar-refractivity contribution is -0.384. The fraction of sp³-hybridized carbons (Fsp3) is 0.100. The van der Waals surface area contributed by atoms with E-state index in [-0.39, 0.29) is 22.1 Å². The summed E-state index contributed by atoms with van der Waals surface area (Å²) in [5.41, 5.74) is 1.91. The number of aryl methyl sites for hydroxylation is 1. The van der Waals surface area contributed by atoms with E-state index in [1.807, 2.05) is 6.07 Å². The van der Waals surface area contributed by atoms with E-state index in [1.165, 1.54) is 23.8 Å². The molecule has 0 aliphatic heterocycles. The molecule has 1 amide bonds. The predicted molar refractivity (Wildman–Crippen MR) is 155 cm³/mol. The van der Waals surface area contributed by atoms with Crippen molar-refractivity contribution in [3.05, 3.63) is 129 Å². The molecule has 0 radical (unpaired) electrons. The van der Waals surface area contributed by atoms with Gasteiger partial charge in [-0.15, -0.1) is 0 Å². The van der Waals surface area contributed by atoms with Crippen LogP contribution in [0.3, 0.4) is 0 Å². The lowest BCUT2D eigenvalue weighted by Crippen LogP contribution is -2.24. The molecule has 40 heavy (non-hydrogen) atoms. The van der Waals surface area contributed by atoms with E-state index >= 15 is 0 Å². The Bertz CT molecular complexity index is 1790. The molecule has 0 aliphatic carbocycles. The van der Waals surface area contributed by atoms with Crippen LogP contribution >= 0.6 is 11.8 Å². The third-order valence-corrected chi connectivity index (χ3v) is 7.43. The summed E-state index contributed by atoms with van der Waals surface area (Å²) < 4.78 is 6.83. The lowest BCUT2D eigenvalue weighted by Gasteiger charge is -2.20. The predicted octanol–water partition coefficient (Wildman–Crippen LogP) is 6.08. The summed E-state index contributed by atoms with van der Waals surface area (Å²) in [6, 6.07) is 27.6. The highest BCUT2D eigenvalue weighted by atomic mass is 32.2. The van der Waals surface area contributed by atoms with Gasteiger partial charge in [0, 0.05) is 12.1 Å². The molecule has 1 atom stereocenters. The number of aromatic nitrogens is 2. The van der Waals surface area contributed by atoms with E-state index in [9.17, 15) is 19.7 Å². The first-order valence-electron chi connectivity index (χ1n) is 12.3. The number of nitrogens with zero attached hydrogens (tertiary/aromatic N) is 3.